The third kappa shape index (κ3) is 3.90. The van der Waals surface area contributed by atoms with E-state index in [1.165, 1.54) is 19.1 Å². The molecule has 0 saturated carbocycles. The first-order chi connectivity index (χ1) is 16.3. The molecule has 3 aromatic carbocycles. The van der Waals surface area contributed by atoms with E-state index < -0.39 is 17.7 Å². The molecule has 0 aliphatic carbocycles. The SMILES string of the molecule is COc1cccc(C2/C(=C(\O)c3cc(C)cc(Cl)c3OC)C(=O)C(=O)N2c2ccccc2C)c1. The molecule has 0 bridgehead atoms. The number of Topliss-reactive ketones (excluding diaryl/α,β-unsaturated/α-hetero) is 1. The number of hydrogen-bond acceptors (Lipinski definition) is 5. The predicted octanol–water partition coefficient (Wildman–Crippen LogP) is 5.60. The quantitative estimate of drug-likeness (QED) is 0.294. The molecule has 1 fully saturated rings. The lowest BCUT2D eigenvalue weighted by molar-refractivity contribution is -0.132. The van der Waals surface area contributed by atoms with E-state index in [1.807, 2.05) is 26.0 Å². The molecular weight excluding hydrogens is 454 g/mol. The van der Waals surface area contributed by atoms with Gasteiger partial charge in [-0.05, 0) is 60.9 Å². The summed E-state index contributed by atoms with van der Waals surface area (Å²) in [4.78, 5) is 28.2. The van der Waals surface area contributed by atoms with Crippen LogP contribution in [0.5, 0.6) is 11.5 Å². The van der Waals surface area contributed by atoms with Crippen LogP contribution in [0.4, 0.5) is 5.69 Å². The summed E-state index contributed by atoms with van der Waals surface area (Å²) >= 11 is 6.35. The Kier molecular flexibility index (Phi) is 6.35. The maximum atomic E-state index is 13.4. The molecule has 1 aliphatic heterocycles. The zero-order valence-corrected chi connectivity index (χ0v) is 20.0. The van der Waals surface area contributed by atoms with Crippen LogP contribution in [-0.2, 0) is 9.59 Å². The van der Waals surface area contributed by atoms with Crippen molar-refractivity contribution < 1.29 is 24.2 Å². The number of hydrogen-bond donors (Lipinski definition) is 1. The standard InChI is InChI=1S/C27H24ClNO5/c1-15-12-19(26(34-4)20(28)13-15)24(30)22-23(17-9-7-10-18(14-17)33-3)29(27(32)25(22)31)21-11-6-5-8-16(21)2/h5-14,23,30H,1-4H3/b24-22+. The fourth-order valence-corrected chi connectivity index (χ4v) is 4.65. The average molecular weight is 478 g/mol. The van der Waals surface area contributed by atoms with Crippen molar-refractivity contribution >= 4 is 34.7 Å². The van der Waals surface area contributed by atoms with Gasteiger partial charge >= 0.3 is 0 Å². The second kappa shape index (κ2) is 9.23. The van der Waals surface area contributed by atoms with E-state index in [9.17, 15) is 14.7 Å². The smallest absolute Gasteiger partial charge is 0.300 e. The lowest BCUT2D eigenvalue weighted by atomic mass is 9.94. The van der Waals surface area contributed by atoms with Gasteiger partial charge in [-0.3, -0.25) is 14.5 Å². The lowest BCUT2D eigenvalue weighted by Crippen LogP contribution is -2.30. The first-order valence-electron chi connectivity index (χ1n) is 10.6. The number of amides is 1. The van der Waals surface area contributed by atoms with Gasteiger partial charge in [-0.25, -0.2) is 0 Å². The van der Waals surface area contributed by atoms with Crippen molar-refractivity contribution in [2.24, 2.45) is 0 Å². The summed E-state index contributed by atoms with van der Waals surface area (Å²) in [6.45, 7) is 3.67. The van der Waals surface area contributed by atoms with Crippen molar-refractivity contribution in [2.45, 2.75) is 19.9 Å². The number of rotatable bonds is 5. The molecule has 3 aromatic rings. The molecule has 1 amide bonds. The second-order valence-electron chi connectivity index (χ2n) is 8.06. The van der Waals surface area contributed by atoms with Crippen LogP contribution in [0.25, 0.3) is 5.76 Å². The Labute approximate surface area is 203 Å². The van der Waals surface area contributed by atoms with E-state index in [2.05, 4.69) is 0 Å². The van der Waals surface area contributed by atoms with E-state index in [0.29, 0.717) is 17.0 Å². The summed E-state index contributed by atoms with van der Waals surface area (Å²) < 4.78 is 10.8. The number of carbonyl (C=O) groups excluding carboxylic acids is 2. The number of aliphatic hydroxyl groups is 1. The monoisotopic (exact) mass is 477 g/mol. The summed E-state index contributed by atoms with van der Waals surface area (Å²) in [7, 11) is 2.97. The number of anilines is 1. The summed E-state index contributed by atoms with van der Waals surface area (Å²) in [6.07, 6.45) is 0. The van der Waals surface area contributed by atoms with Crippen LogP contribution in [0.15, 0.2) is 66.2 Å². The normalized spacial score (nSPS) is 17.2. The molecule has 1 saturated heterocycles. The molecule has 34 heavy (non-hydrogen) atoms. The molecule has 0 aromatic heterocycles. The Hall–Kier alpha value is -3.77. The number of ketones is 1. The number of para-hydroxylation sites is 1. The highest BCUT2D eigenvalue weighted by Gasteiger charge is 2.47. The van der Waals surface area contributed by atoms with Crippen LogP contribution in [0.1, 0.15) is 28.3 Å². The molecule has 1 N–H and O–H groups in total. The molecule has 4 rings (SSSR count). The highest BCUT2D eigenvalue weighted by Crippen LogP contribution is 2.45. The van der Waals surface area contributed by atoms with E-state index >= 15 is 0 Å². The van der Waals surface area contributed by atoms with Gasteiger partial charge in [-0.2, -0.15) is 0 Å². The zero-order valence-electron chi connectivity index (χ0n) is 19.3. The number of aryl methyl sites for hydroxylation is 2. The topological polar surface area (TPSA) is 76.1 Å². The largest absolute Gasteiger partial charge is 0.507 e. The molecule has 1 aliphatic rings. The van der Waals surface area contributed by atoms with Crippen molar-refractivity contribution in [3.05, 3.63) is 93.5 Å². The van der Waals surface area contributed by atoms with Crippen molar-refractivity contribution in [1.29, 1.82) is 0 Å². The Morgan fingerprint density at radius 2 is 1.71 bits per heavy atom. The second-order valence-corrected chi connectivity index (χ2v) is 8.47. The zero-order chi connectivity index (χ0) is 24.6. The van der Waals surface area contributed by atoms with Crippen LogP contribution < -0.4 is 14.4 Å². The number of methoxy groups -OCH3 is 2. The maximum Gasteiger partial charge on any atom is 0.300 e. The Bertz CT molecular complexity index is 1330. The van der Waals surface area contributed by atoms with E-state index in [-0.39, 0.29) is 27.7 Å². The predicted molar refractivity (Wildman–Crippen MR) is 132 cm³/mol. The number of benzene rings is 3. The summed E-state index contributed by atoms with van der Waals surface area (Å²) in [5.41, 5.74) is 2.95. The first kappa shape index (κ1) is 23.4. The summed E-state index contributed by atoms with van der Waals surface area (Å²) in [6, 6.07) is 16.9. The van der Waals surface area contributed by atoms with Gasteiger partial charge in [0.15, 0.2) is 0 Å². The van der Waals surface area contributed by atoms with Crippen molar-refractivity contribution in [3.8, 4) is 11.5 Å². The first-order valence-corrected chi connectivity index (χ1v) is 11.0. The average Bonchev–Trinajstić information content (AvgIpc) is 3.09. The number of halogens is 1. The lowest BCUT2D eigenvalue weighted by Gasteiger charge is -2.27. The van der Waals surface area contributed by atoms with Gasteiger partial charge in [0.1, 0.15) is 17.3 Å². The van der Waals surface area contributed by atoms with Gasteiger partial charge < -0.3 is 14.6 Å². The highest BCUT2D eigenvalue weighted by molar-refractivity contribution is 6.52. The summed E-state index contributed by atoms with van der Waals surface area (Å²) in [5, 5.41) is 11.8. The minimum atomic E-state index is -0.889. The molecule has 1 atom stereocenters. The van der Waals surface area contributed by atoms with Gasteiger partial charge in [0.05, 0.1) is 36.4 Å². The number of ether oxygens (including phenoxy) is 2. The maximum absolute atomic E-state index is 13.4. The van der Waals surface area contributed by atoms with Crippen molar-refractivity contribution in [3.63, 3.8) is 0 Å². The minimum Gasteiger partial charge on any atom is -0.507 e. The third-order valence-electron chi connectivity index (χ3n) is 5.88. The number of aliphatic hydroxyl groups excluding tert-OH is 1. The minimum absolute atomic E-state index is 0.0542. The molecule has 7 heteroatoms. The summed E-state index contributed by atoms with van der Waals surface area (Å²) in [5.74, 6) is -1.11. The molecule has 6 nitrogen and oxygen atoms in total. The van der Waals surface area contributed by atoms with Gasteiger partial charge in [0.2, 0.25) is 0 Å². The van der Waals surface area contributed by atoms with Crippen LogP contribution in [0.3, 0.4) is 0 Å². The Morgan fingerprint density at radius 1 is 0.971 bits per heavy atom. The molecule has 1 heterocycles. The van der Waals surface area contributed by atoms with Gasteiger partial charge in [-0.1, -0.05) is 41.9 Å². The van der Waals surface area contributed by atoms with Crippen molar-refractivity contribution in [1.82, 2.24) is 0 Å². The fraction of sp³-hybridized carbons (Fsp3) is 0.185. The molecule has 0 spiro atoms. The highest BCUT2D eigenvalue weighted by atomic mass is 35.5. The van der Waals surface area contributed by atoms with Gasteiger partial charge in [0.25, 0.3) is 11.7 Å². The van der Waals surface area contributed by atoms with Gasteiger partial charge in [-0.15, -0.1) is 0 Å². The van der Waals surface area contributed by atoms with E-state index in [1.54, 1.807) is 48.5 Å². The Morgan fingerprint density at radius 3 is 2.38 bits per heavy atom. The molecule has 1 unspecified atom stereocenters. The van der Waals surface area contributed by atoms with Crippen LogP contribution >= 0.6 is 11.6 Å². The van der Waals surface area contributed by atoms with E-state index in [0.717, 1.165) is 11.1 Å². The van der Waals surface area contributed by atoms with Crippen LogP contribution in [0.2, 0.25) is 5.02 Å². The number of nitrogens with zero attached hydrogens (tertiary/aromatic N) is 1. The van der Waals surface area contributed by atoms with Crippen LogP contribution in [-0.4, -0.2) is 31.0 Å². The van der Waals surface area contributed by atoms with E-state index in [4.69, 9.17) is 21.1 Å². The third-order valence-corrected chi connectivity index (χ3v) is 6.16. The number of carbonyl (C=O) groups is 2. The van der Waals surface area contributed by atoms with Gasteiger partial charge in [0, 0.05) is 5.69 Å². The molecule has 0 radical (unpaired) electrons. The fourth-order valence-electron chi connectivity index (χ4n) is 4.30. The molecule has 174 valence electrons. The van der Waals surface area contributed by atoms with Crippen LogP contribution in [0, 0.1) is 13.8 Å². The van der Waals surface area contributed by atoms with Crippen molar-refractivity contribution in [2.75, 3.05) is 19.1 Å². The molecular formula is C27H24ClNO5. The Balaban J connectivity index is 2.04.